The molecular formula is C12H20N2O2. The molecule has 2 rings (SSSR count). The Labute approximate surface area is 96.3 Å². The zero-order valence-electron chi connectivity index (χ0n) is 10.2. The number of rotatable bonds is 4. The van der Waals surface area contributed by atoms with Gasteiger partial charge in [0.15, 0.2) is 0 Å². The van der Waals surface area contributed by atoms with Crippen LogP contribution in [0.5, 0.6) is 0 Å². The molecule has 16 heavy (non-hydrogen) atoms. The molecule has 4 heteroatoms. The zero-order valence-corrected chi connectivity index (χ0v) is 10.2. The van der Waals surface area contributed by atoms with Crippen molar-refractivity contribution in [3.63, 3.8) is 0 Å². The Bertz CT molecular complexity index is 360. The second-order valence-corrected chi connectivity index (χ2v) is 4.97. The third-order valence-corrected chi connectivity index (χ3v) is 3.74. The molecule has 90 valence electrons. The number of aliphatic hydroxyl groups excluding tert-OH is 1. The second kappa shape index (κ2) is 4.18. The van der Waals surface area contributed by atoms with Crippen molar-refractivity contribution in [3.05, 3.63) is 18.2 Å². The number of imidazole rings is 1. The first-order chi connectivity index (χ1) is 7.61. The van der Waals surface area contributed by atoms with Gasteiger partial charge in [0, 0.05) is 18.1 Å². The van der Waals surface area contributed by atoms with Crippen molar-refractivity contribution in [2.45, 2.75) is 45.9 Å². The van der Waals surface area contributed by atoms with Gasteiger partial charge in [-0.25, -0.2) is 4.98 Å². The number of hydrogen-bond acceptors (Lipinski definition) is 3. The van der Waals surface area contributed by atoms with Crippen LogP contribution in [-0.2, 0) is 11.3 Å². The van der Waals surface area contributed by atoms with Crippen LogP contribution in [0.1, 0.15) is 38.9 Å². The third-order valence-electron chi connectivity index (χ3n) is 3.74. The first-order valence-corrected chi connectivity index (χ1v) is 5.84. The van der Waals surface area contributed by atoms with Gasteiger partial charge in [0.25, 0.3) is 0 Å². The van der Waals surface area contributed by atoms with Crippen molar-refractivity contribution in [3.8, 4) is 0 Å². The molecule has 1 aromatic rings. The van der Waals surface area contributed by atoms with E-state index < -0.39 is 0 Å². The quantitative estimate of drug-likeness (QED) is 0.847. The minimum absolute atomic E-state index is 0.0475. The van der Waals surface area contributed by atoms with E-state index in [1.165, 1.54) is 0 Å². The van der Waals surface area contributed by atoms with Crippen LogP contribution in [0.3, 0.4) is 0 Å². The normalized spacial score (nSPS) is 27.8. The predicted molar refractivity (Wildman–Crippen MR) is 61.0 cm³/mol. The highest BCUT2D eigenvalue weighted by Gasteiger charge is 2.50. The predicted octanol–water partition coefficient (Wildman–Crippen LogP) is 1.75. The maximum atomic E-state index is 9.22. The summed E-state index contributed by atoms with van der Waals surface area (Å²) in [7, 11) is 0. The fourth-order valence-electron chi connectivity index (χ4n) is 2.56. The molecule has 0 bridgehead atoms. The molecule has 0 saturated heterocycles. The lowest BCUT2D eigenvalue weighted by Crippen LogP contribution is -2.51. The summed E-state index contributed by atoms with van der Waals surface area (Å²) in [5.41, 5.74) is 0.994. The number of hydrogen-bond donors (Lipinski definition) is 1. The highest BCUT2D eigenvalue weighted by atomic mass is 16.5. The van der Waals surface area contributed by atoms with Crippen molar-refractivity contribution >= 4 is 0 Å². The Morgan fingerprint density at radius 1 is 1.62 bits per heavy atom. The zero-order chi connectivity index (χ0) is 11.8. The van der Waals surface area contributed by atoms with Crippen LogP contribution in [0.4, 0.5) is 0 Å². The van der Waals surface area contributed by atoms with E-state index in [1.807, 2.05) is 6.92 Å². The maximum absolute atomic E-state index is 9.22. The summed E-state index contributed by atoms with van der Waals surface area (Å²) in [5, 5.41) is 9.22. The van der Waals surface area contributed by atoms with Crippen LogP contribution in [0.2, 0.25) is 0 Å². The standard InChI is InChI=1S/C12H20N2O2/c1-4-16-11-5-10(12(11,2)3)14-8-13-6-9(14)7-15/h6,8,10-11,15H,4-5,7H2,1-3H3. The molecule has 2 atom stereocenters. The molecule has 4 nitrogen and oxygen atoms in total. The summed E-state index contributed by atoms with van der Waals surface area (Å²) in [6.45, 7) is 7.26. The van der Waals surface area contributed by atoms with Crippen LogP contribution in [0, 0.1) is 5.41 Å². The molecule has 0 aliphatic heterocycles. The lowest BCUT2D eigenvalue weighted by Gasteiger charge is -2.52. The van der Waals surface area contributed by atoms with E-state index in [4.69, 9.17) is 4.74 Å². The first kappa shape index (κ1) is 11.6. The largest absolute Gasteiger partial charge is 0.390 e. The van der Waals surface area contributed by atoms with Crippen molar-refractivity contribution in [1.29, 1.82) is 0 Å². The average molecular weight is 224 g/mol. The summed E-state index contributed by atoms with van der Waals surface area (Å²) < 4.78 is 7.78. The molecule has 1 fully saturated rings. The van der Waals surface area contributed by atoms with Gasteiger partial charge in [-0.1, -0.05) is 13.8 Å². The van der Waals surface area contributed by atoms with Crippen molar-refractivity contribution in [2.24, 2.45) is 5.41 Å². The maximum Gasteiger partial charge on any atom is 0.0951 e. The highest BCUT2D eigenvalue weighted by molar-refractivity contribution is 5.08. The van der Waals surface area contributed by atoms with Crippen LogP contribution in [0.15, 0.2) is 12.5 Å². The summed E-state index contributed by atoms with van der Waals surface area (Å²) in [6, 6.07) is 0.383. The molecule has 1 N–H and O–H groups in total. The average Bonchev–Trinajstić information content (AvgIpc) is 2.71. The second-order valence-electron chi connectivity index (χ2n) is 4.97. The van der Waals surface area contributed by atoms with E-state index >= 15 is 0 Å². The van der Waals surface area contributed by atoms with Gasteiger partial charge in [0.05, 0.1) is 30.9 Å². The van der Waals surface area contributed by atoms with E-state index in [9.17, 15) is 5.11 Å². The minimum atomic E-state index is 0.0475. The van der Waals surface area contributed by atoms with Gasteiger partial charge in [0.2, 0.25) is 0 Å². The Kier molecular flexibility index (Phi) is 3.04. The van der Waals surface area contributed by atoms with Crippen molar-refractivity contribution < 1.29 is 9.84 Å². The molecule has 1 aliphatic rings. The fourth-order valence-corrected chi connectivity index (χ4v) is 2.56. The number of aliphatic hydroxyl groups is 1. The molecule has 1 aromatic heterocycles. The first-order valence-electron chi connectivity index (χ1n) is 5.84. The van der Waals surface area contributed by atoms with Gasteiger partial charge >= 0.3 is 0 Å². The smallest absolute Gasteiger partial charge is 0.0951 e. The van der Waals surface area contributed by atoms with Gasteiger partial charge < -0.3 is 14.4 Å². The van der Waals surface area contributed by atoms with Crippen molar-refractivity contribution in [2.75, 3.05) is 6.61 Å². The number of nitrogens with zero attached hydrogens (tertiary/aromatic N) is 2. The van der Waals surface area contributed by atoms with Gasteiger partial charge in [0.1, 0.15) is 0 Å². The molecule has 0 radical (unpaired) electrons. The van der Waals surface area contributed by atoms with E-state index in [0.717, 1.165) is 18.7 Å². The molecule has 0 spiro atoms. The Balaban J connectivity index is 2.14. The van der Waals surface area contributed by atoms with Crippen LogP contribution in [0.25, 0.3) is 0 Å². The monoisotopic (exact) mass is 224 g/mol. The van der Waals surface area contributed by atoms with E-state index in [-0.39, 0.29) is 12.0 Å². The molecule has 1 heterocycles. The van der Waals surface area contributed by atoms with E-state index in [2.05, 4.69) is 23.4 Å². The Hall–Kier alpha value is -0.870. The summed E-state index contributed by atoms with van der Waals surface area (Å²) >= 11 is 0. The van der Waals surface area contributed by atoms with Crippen LogP contribution >= 0.6 is 0 Å². The van der Waals surface area contributed by atoms with E-state index in [1.54, 1.807) is 12.5 Å². The highest BCUT2D eigenvalue weighted by Crippen LogP contribution is 2.51. The molecule has 2 unspecified atom stereocenters. The molecule has 1 aliphatic carbocycles. The van der Waals surface area contributed by atoms with Gasteiger partial charge in [-0.15, -0.1) is 0 Å². The lowest BCUT2D eigenvalue weighted by atomic mass is 9.64. The Morgan fingerprint density at radius 2 is 2.38 bits per heavy atom. The summed E-state index contributed by atoms with van der Waals surface area (Å²) in [5.74, 6) is 0. The Morgan fingerprint density at radius 3 is 2.94 bits per heavy atom. The van der Waals surface area contributed by atoms with Gasteiger partial charge in [-0.3, -0.25) is 0 Å². The molecule has 0 amide bonds. The number of aromatic nitrogens is 2. The van der Waals surface area contributed by atoms with Crippen molar-refractivity contribution in [1.82, 2.24) is 9.55 Å². The van der Waals surface area contributed by atoms with Gasteiger partial charge in [-0.2, -0.15) is 0 Å². The lowest BCUT2D eigenvalue weighted by molar-refractivity contribution is -0.128. The van der Waals surface area contributed by atoms with Crippen LogP contribution in [-0.4, -0.2) is 27.4 Å². The minimum Gasteiger partial charge on any atom is -0.390 e. The summed E-state index contributed by atoms with van der Waals surface area (Å²) in [6.07, 6.45) is 4.85. The third kappa shape index (κ3) is 1.66. The SMILES string of the molecule is CCOC1CC(n2cncc2CO)C1(C)C. The molecular weight excluding hydrogens is 204 g/mol. The van der Waals surface area contributed by atoms with Gasteiger partial charge in [-0.05, 0) is 13.3 Å². The number of ether oxygens (including phenoxy) is 1. The van der Waals surface area contributed by atoms with Crippen LogP contribution < -0.4 is 0 Å². The molecule has 0 aromatic carbocycles. The van der Waals surface area contributed by atoms with E-state index in [0.29, 0.717) is 12.1 Å². The molecule has 1 saturated carbocycles. The topological polar surface area (TPSA) is 47.3 Å². The fraction of sp³-hybridized carbons (Fsp3) is 0.750. The summed E-state index contributed by atoms with van der Waals surface area (Å²) in [4.78, 5) is 4.09.